The van der Waals surface area contributed by atoms with E-state index in [2.05, 4.69) is 15.3 Å². The lowest BCUT2D eigenvalue weighted by Gasteiger charge is -2.22. The van der Waals surface area contributed by atoms with Gasteiger partial charge in [0.25, 0.3) is 5.91 Å². The van der Waals surface area contributed by atoms with E-state index < -0.39 is 0 Å². The topological polar surface area (TPSA) is 59.4 Å². The summed E-state index contributed by atoms with van der Waals surface area (Å²) in [7, 11) is 0. The van der Waals surface area contributed by atoms with Crippen LogP contribution in [0.3, 0.4) is 0 Å². The summed E-state index contributed by atoms with van der Waals surface area (Å²) < 4.78 is 7.72. The van der Waals surface area contributed by atoms with Crippen molar-refractivity contribution in [1.82, 2.24) is 20.0 Å². The Morgan fingerprint density at radius 2 is 1.83 bits per heavy atom. The predicted octanol–water partition coefficient (Wildman–Crippen LogP) is 4.11. The smallest absolute Gasteiger partial charge is 0.272 e. The number of rotatable bonds is 8. The van der Waals surface area contributed by atoms with Gasteiger partial charge in [-0.2, -0.15) is 5.10 Å². The lowest BCUT2D eigenvalue weighted by molar-refractivity contribution is 0.0922. The van der Waals surface area contributed by atoms with Crippen molar-refractivity contribution in [1.29, 1.82) is 0 Å². The second-order valence-electron chi connectivity index (χ2n) is 8.64. The highest BCUT2D eigenvalue weighted by Gasteiger charge is 2.19. The molecule has 2 aliphatic rings. The largest absolute Gasteiger partial charge is 0.494 e. The molecule has 0 bridgehead atoms. The van der Waals surface area contributed by atoms with Crippen molar-refractivity contribution < 1.29 is 9.53 Å². The molecule has 6 nitrogen and oxygen atoms in total. The number of hydrogen-bond donors (Lipinski definition) is 1. The Hall–Kier alpha value is -2.34. The van der Waals surface area contributed by atoms with Crippen LogP contribution in [0.25, 0.3) is 5.69 Å². The average Bonchev–Trinajstić information content (AvgIpc) is 3.42. The first-order chi connectivity index (χ1) is 14.7. The number of nitrogens with one attached hydrogen (secondary N) is 1. The van der Waals surface area contributed by atoms with Crippen molar-refractivity contribution in [2.24, 2.45) is 0 Å². The highest BCUT2D eigenvalue weighted by atomic mass is 16.5. The fraction of sp³-hybridized carbons (Fsp3) is 0.583. The molecule has 1 aromatic heterocycles. The Labute approximate surface area is 179 Å². The van der Waals surface area contributed by atoms with Crippen LogP contribution < -0.4 is 10.1 Å². The molecule has 162 valence electrons. The van der Waals surface area contributed by atoms with E-state index in [1.54, 1.807) is 0 Å². The zero-order valence-corrected chi connectivity index (χ0v) is 18.1. The fourth-order valence-corrected chi connectivity index (χ4v) is 4.52. The molecule has 2 fully saturated rings. The SMILES string of the molecule is Cc1cc(C(=O)NC2CCCCC2)nn1-c1ccc(OCCCN2CCCC2)cc1. The van der Waals surface area contributed by atoms with Gasteiger partial charge in [-0.15, -0.1) is 0 Å². The number of amides is 1. The number of carbonyl (C=O) groups excluding carboxylic acids is 1. The maximum Gasteiger partial charge on any atom is 0.272 e. The van der Waals surface area contributed by atoms with Gasteiger partial charge in [0.05, 0.1) is 12.3 Å². The van der Waals surface area contributed by atoms with Gasteiger partial charge in [0, 0.05) is 18.3 Å². The summed E-state index contributed by atoms with van der Waals surface area (Å²) in [6.07, 6.45) is 9.54. The van der Waals surface area contributed by atoms with Gasteiger partial charge < -0.3 is 15.0 Å². The first-order valence-corrected chi connectivity index (χ1v) is 11.5. The Bertz CT molecular complexity index is 818. The molecule has 2 aromatic rings. The molecule has 1 aromatic carbocycles. The molecule has 0 unspecified atom stereocenters. The Morgan fingerprint density at radius 3 is 2.57 bits per heavy atom. The summed E-state index contributed by atoms with van der Waals surface area (Å²) in [5, 5.41) is 7.70. The lowest BCUT2D eigenvalue weighted by atomic mass is 9.95. The highest BCUT2D eigenvalue weighted by molar-refractivity contribution is 5.92. The van der Waals surface area contributed by atoms with E-state index in [0.717, 1.165) is 49.5 Å². The minimum atomic E-state index is -0.0679. The number of hydrogen-bond acceptors (Lipinski definition) is 4. The van der Waals surface area contributed by atoms with E-state index in [-0.39, 0.29) is 5.91 Å². The van der Waals surface area contributed by atoms with Gasteiger partial charge in [0.2, 0.25) is 0 Å². The molecule has 6 heteroatoms. The maximum absolute atomic E-state index is 12.6. The van der Waals surface area contributed by atoms with Crippen molar-refractivity contribution in [3.05, 3.63) is 41.7 Å². The van der Waals surface area contributed by atoms with E-state index in [1.807, 2.05) is 41.9 Å². The molecule has 0 spiro atoms. The van der Waals surface area contributed by atoms with Crippen molar-refractivity contribution in [3.63, 3.8) is 0 Å². The second-order valence-corrected chi connectivity index (χ2v) is 8.64. The van der Waals surface area contributed by atoms with Crippen LogP contribution in [-0.4, -0.2) is 52.9 Å². The summed E-state index contributed by atoms with van der Waals surface area (Å²) >= 11 is 0. The summed E-state index contributed by atoms with van der Waals surface area (Å²) in [6, 6.07) is 10.1. The van der Waals surface area contributed by atoms with Gasteiger partial charge in [-0.05, 0) is 82.4 Å². The van der Waals surface area contributed by atoms with Crippen LogP contribution >= 0.6 is 0 Å². The van der Waals surface area contributed by atoms with Gasteiger partial charge in [0.1, 0.15) is 5.75 Å². The first-order valence-electron chi connectivity index (χ1n) is 11.5. The van der Waals surface area contributed by atoms with Gasteiger partial charge in [-0.3, -0.25) is 4.79 Å². The third kappa shape index (κ3) is 5.42. The Balaban J connectivity index is 1.30. The van der Waals surface area contributed by atoms with Gasteiger partial charge >= 0.3 is 0 Å². The summed E-state index contributed by atoms with van der Waals surface area (Å²) in [5.74, 6) is 0.807. The average molecular weight is 411 g/mol. The van der Waals surface area contributed by atoms with E-state index in [0.29, 0.717) is 11.7 Å². The molecular formula is C24H34N4O2. The number of carbonyl (C=O) groups is 1. The van der Waals surface area contributed by atoms with Crippen molar-refractivity contribution in [2.75, 3.05) is 26.2 Å². The van der Waals surface area contributed by atoms with Crippen molar-refractivity contribution in [2.45, 2.75) is 64.3 Å². The molecule has 1 N–H and O–H groups in total. The minimum Gasteiger partial charge on any atom is -0.494 e. The Morgan fingerprint density at radius 1 is 1.10 bits per heavy atom. The predicted molar refractivity (Wildman–Crippen MR) is 118 cm³/mol. The normalized spacial score (nSPS) is 17.9. The standard InChI is InChI=1S/C24H34N4O2/c1-19-18-23(24(29)25-20-8-3-2-4-9-20)26-28(19)21-10-12-22(13-11-21)30-17-7-16-27-14-5-6-15-27/h10-13,18,20H,2-9,14-17H2,1H3,(H,25,29). The third-order valence-electron chi connectivity index (χ3n) is 6.23. The molecule has 30 heavy (non-hydrogen) atoms. The summed E-state index contributed by atoms with van der Waals surface area (Å²) in [6.45, 7) is 6.31. The van der Waals surface area contributed by atoms with Crippen LogP contribution in [-0.2, 0) is 0 Å². The molecule has 4 rings (SSSR count). The monoisotopic (exact) mass is 410 g/mol. The highest BCUT2D eigenvalue weighted by Crippen LogP contribution is 2.20. The summed E-state index contributed by atoms with van der Waals surface area (Å²) in [4.78, 5) is 15.1. The number of nitrogens with zero attached hydrogens (tertiary/aromatic N) is 3. The molecule has 0 atom stereocenters. The zero-order chi connectivity index (χ0) is 20.8. The van der Waals surface area contributed by atoms with Crippen molar-refractivity contribution in [3.8, 4) is 11.4 Å². The molecule has 1 amide bonds. The Kier molecular flexibility index (Phi) is 7.05. The van der Waals surface area contributed by atoms with E-state index in [4.69, 9.17) is 4.74 Å². The number of ether oxygens (including phenoxy) is 1. The van der Waals surface area contributed by atoms with Crippen molar-refractivity contribution >= 4 is 5.91 Å². The van der Waals surface area contributed by atoms with E-state index >= 15 is 0 Å². The van der Waals surface area contributed by atoms with Crippen LogP contribution in [0.4, 0.5) is 0 Å². The van der Waals surface area contributed by atoms with Crippen LogP contribution in [0.15, 0.2) is 30.3 Å². The number of likely N-dealkylation sites (tertiary alicyclic amines) is 1. The zero-order valence-electron chi connectivity index (χ0n) is 18.1. The van der Waals surface area contributed by atoms with Crippen LogP contribution in [0.5, 0.6) is 5.75 Å². The minimum absolute atomic E-state index is 0.0679. The van der Waals surface area contributed by atoms with Gasteiger partial charge in [-0.25, -0.2) is 4.68 Å². The van der Waals surface area contributed by atoms with E-state index in [1.165, 1.54) is 45.2 Å². The molecule has 1 aliphatic heterocycles. The van der Waals surface area contributed by atoms with Crippen LogP contribution in [0, 0.1) is 6.92 Å². The fourth-order valence-electron chi connectivity index (χ4n) is 4.52. The number of benzene rings is 1. The lowest BCUT2D eigenvalue weighted by Crippen LogP contribution is -2.36. The molecular weight excluding hydrogens is 376 g/mol. The van der Waals surface area contributed by atoms with E-state index in [9.17, 15) is 4.79 Å². The van der Waals surface area contributed by atoms with Gasteiger partial charge in [-0.1, -0.05) is 19.3 Å². The number of aryl methyl sites for hydroxylation is 1. The number of aromatic nitrogens is 2. The molecule has 1 saturated carbocycles. The third-order valence-corrected chi connectivity index (χ3v) is 6.23. The van der Waals surface area contributed by atoms with Gasteiger partial charge in [0.15, 0.2) is 5.69 Å². The first kappa shape index (κ1) is 20.9. The molecule has 0 radical (unpaired) electrons. The summed E-state index contributed by atoms with van der Waals surface area (Å²) in [5.41, 5.74) is 2.37. The molecule has 1 saturated heterocycles. The van der Waals surface area contributed by atoms with Crippen LogP contribution in [0.2, 0.25) is 0 Å². The molecule has 1 aliphatic carbocycles. The maximum atomic E-state index is 12.6. The second kappa shape index (κ2) is 10.1. The molecule has 2 heterocycles. The quantitative estimate of drug-likeness (QED) is 0.666. The van der Waals surface area contributed by atoms with Crippen LogP contribution in [0.1, 0.15) is 67.5 Å².